The molecular weight excluding hydrogens is 380 g/mol. The van der Waals surface area contributed by atoms with Gasteiger partial charge in [-0.3, -0.25) is 19.3 Å². The summed E-state index contributed by atoms with van der Waals surface area (Å²) in [6.45, 7) is 3.66. The Hall–Kier alpha value is -2.57. The normalized spacial score (nSPS) is 24.2. The van der Waals surface area contributed by atoms with Gasteiger partial charge in [0.05, 0.1) is 18.8 Å². The second-order valence-corrected chi connectivity index (χ2v) is 7.65. The number of methoxy groups -OCH3 is 1. The molecule has 2 aromatic carbocycles. The van der Waals surface area contributed by atoms with Crippen molar-refractivity contribution in [3.63, 3.8) is 0 Å². The second-order valence-electron chi connectivity index (χ2n) is 7.21. The number of halogens is 1. The number of fused-ring (bicyclic) bond motifs is 1. The van der Waals surface area contributed by atoms with Crippen LogP contribution in [0.1, 0.15) is 25.5 Å². The van der Waals surface area contributed by atoms with Crippen molar-refractivity contribution in [3.05, 3.63) is 59.1 Å². The molecule has 0 unspecified atom stereocenters. The van der Waals surface area contributed by atoms with E-state index in [1.165, 1.54) is 4.90 Å². The molecule has 0 aliphatic carbocycles. The lowest BCUT2D eigenvalue weighted by atomic mass is 9.90. The van der Waals surface area contributed by atoms with E-state index in [2.05, 4.69) is 0 Å². The third kappa shape index (κ3) is 2.93. The van der Waals surface area contributed by atoms with Crippen molar-refractivity contribution in [2.24, 2.45) is 5.92 Å². The van der Waals surface area contributed by atoms with E-state index in [0.717, 1.165) is 17.0 Å². The minimum Gasteiger partial charge on any atom is -0.497 e. The topological polar surface area (TPSA) is 59.1 Å². The zero-order valence-corrected chi connectivity index (χ0v) is 16.6. The van der Waals surface area contributed by atoms with Crippen LogP contribution in [-0.4, -0.2) is 36.0 Å². The van der Waals surface area contributed by atoms with E-state index in [9.17, 15) is 9.59 Å². The third-order valence-corrected chi connectivity index (χ3v) is 5.46. The van der Waals surface area contributed by atoms with Crippen LogP contribution in [0.15, 0.2) is 48.5 Å². The fourth-order valence-corrected chi connectivity index (χ4v) is 4.02. The van der Waals surface area contributed by atoms with Gasteiger partial charge in [-0.25, -0.2) is 5.06 Å². The van der Waals surface area contributed by atoms with E-state index in [4.69, 9.17) is 21.2 Å². The summed E-state index contributed by atoms with van der Waals surface area (Å²) in [5.41, 5.74) is 1.60. The van der Waals surface area contributed by atoms with Crippen LogP contribution in [0.4, 0.5) is 5.69 Å². The predicted molar refractivity (Wildman–Crippen MR) is 105 cm³/mol. The van der Waals surface area contributed by atoms with Crippen LogP contribution in [0.2, 0.25) is 5.02 Å². The maximum atomic E-state index is 13.1. The molecule has 0 bridgehead atoms. The molecule has 2 heterocycles. The highest BCUT2D eigenvalue weighted by Crippen LogP contribution is 2.47. The largest absolute Gasteiger partial charge is 0.497 e. The van der Waals surface area contributed by atoms with Crippen molar-refractivity contribution < 1.29 is 19.2 Å². The molecule has 4 rings (SSSR count). The number of hydroxylamine groups is 1. The average molecular weight is 401 g/mol. The van der Waals surface area contributed by atoms with Crippen molar-refractivity contribution in [2.75, 3.05) is 12.2 Å². The molecule has 2 amide bonds. The number of carbonyl (C=O) groups excluding carboxylic acids is 2. The molecule has 2 aliphatic rings. The molecule has 0 spiro atoms. The molecule has 0 saturated carbocycles. The number of imide groups is 1. The lowest BCUT2D eigenvalue weighted by molar-refractivity contribution is -0.145. The highest BCUT2D eigenvalue weighted by Gasteiger charge is 2.60. The van der Waals surface area contributed by atoms with Gasteiger partial charge in [-0.2, -0.15) is 0 Å². The summed E-state index contributed by atoms with van der Waals surface area (Å²) in [7, 11) is 1.60. The maximum Gasteiger partial charge on any atom is 0.262 e. The minimum atomic E-state index is -0.835. The van der Waals surface area contributed by atoms with Gasteiger partial charge in [0.25, 0.3) is 5.91 Å². The number of amides is 2. The number of carbonyl (C=O) groups is 2. The zero-order chi connectivity index (χ0) is 20.0. The van der Waals surface area contributed by atoms with Gasteiger partial charge in [-0.05, 0) is 55.8 Å². The van der Waals surface area contributed by atoms with Gasteiger partial charge >= 0.3 is 0 Å². The Morgan fingerprint density at radius 3 is 2.21 bits per heavy atom. The Morgan fingerprint density at radius 2 is 1.64 bits per heavy atom. The number of ether oxygens (including phenoxy) is 1. The smallest absolute Gasteiger partial charge is 0.262 e. The number of benzene rings is 2. The van der Waals surface area contributed by atoms with Crippen molar-refractivity contribution in [2.45, 2.75) is 32.0 Å². The van der Waals surface area contributed by atoms with Gasteiger partial charge < -0.3 is 4.74 Å². The van der Waals surface area contributed by atoms with Gasteiger partial charge in [-0.1, -0.05) is 23.7 Å². The van der Waals surface area contributed by atoms with Crippen LogP contribution in [-0.2, 0) is 14.4 Å². The molecule has 2 aromatic rings. The van der Waals surface area contributed by atoms with Crippen molar-refractivity contribution in [1.82, 2.24) is 4.90 Å². The summed E-state index contributed by atoms with van der Waals surface area (Å²) in [6, 6.07) is 14.0. The van der Waals surface area contributed by atoms with Crippen LogP contribution in [0.25, 0.3) is 0 Å². The average Bonchev–Trinajstić information content (AvgIpc) is 3.19. The molecular formula is C21H21ClN2O4. The quantitative estimate of drug-likeness (QED) is 0.734. The number of anilines is 1. The Labute approximate surface area is 168 Å². The first kappa shape index (κ1) is 18.8. The molecule has 0 radical (unpaired) electrons. The maximum absolute atomic E-state index is 13.1. The molecule has 3 atom stereocenters. The van der Waals surface area contributed by atoms with E-state index in [1.54, 1.807) is 24.3 Å². The molecule has 6 nitrogen and oxygen atoms in total. The predicted octanol–water partition coefficient (Wildman–Crippen LogP) is 3.60. The van der Waals surface area contributed by atoms with E-state index in [1.807, 2.05) is 50.2 Å². The van der Waals surface area contributed by atoms with Crippen LogP contribution < -0.4 is 9.80 Å². The fraction of sp³-hybridized carbons (Fsp3) is 0.333. The fourth-order valence-electron chi connectivity index (χ4n) is 3.90. The highest BCUT2D eigenvalue weighted by molar-refractivity contribution is 6.30. The van der Waals surface area contributed by atoms with Crippen molar-refractivity contribution in [1.29, 1.82) is 0 Å². The Morgan fingerprint density at radius 1 is 1.00 bits per heavy atom. The number of rotatable bonds is 4. The molecule has 28 heavy (non-hydrogen) atoms. The van der Waals surface area contributed by atoms with E-state index < -0.39 is 18.1 Å². The molecule has 0 aromatic heterocycles. The van der Waals surface area contributed by atoms with E-state index in [-0.39, 0.29) is 17.9 Å². The van der Waals surface area contributed by atoms with Crippen LogP contribution in [0.5, 0.6) is 5.75 Å². The van der Waals surface area contributed by atoms with Gasteiger partial charge in [0, 0.05) is 11.1 Å². The second kappa shape index (κ2) is 7.11. The molecule has 2 saturated heterocycles. The SMILES string of the molecule is COc1ccc([C@@H]2[C@H]3C(=O)N(C(C)C)C(=O)[C@@H]3ON2c2ccc(Cl)cc2)cc1. The van der Waals surface area contributed by atoms with Crippen molar-refractivity contribution in [3.8, 4) is 5.75 Å². The Kier molecular flexibility index (Phi) is 4.77. The van der Waals surface area contributed by atoms with E-state index >= 15 is 0 Å². The molecule has 7 heteroatoms. The molecule has 2 fully saturated rings. The minimum absolute atomic E-state index is 0.206. The van der Waals surface area contributed by atoms with Gasteiger partial charge in [0.1, 0.15) is 11.7 Å². The summed E-state index contributed by atoms with van der Waals surface area (Å²) in [4.78, 5) is 33.3. The zero-order valence-electron chi connectivity index (χ0n) is 15.8. The summed E-state index contributed by atoms with van der Waals surface area (Å²) in [5, 5.41) is 2.25. The van der Waals surface area contributed by atoms with Gasteiger partial charge in [0.2, 0.25) is 5.91 Å². The van der Waals surface area contributed by atoms with Gasteiger partial charge in [-0.15, -0.1) is 0 Å². The lowest BCUT2D eigenvalue weighted by Crippen LogP contribution is -2.41. The summed E-state index contributed by atoms with van der Waals surface area (Å²) < 4.78 is 5.24. The number of hydrogen-bond acceptors (Lipinski definition) is 5. The van der Waals surface area contributed by atoms with Crippen LogP contribution in [0, 0.1) is 5.92 Å². The number of nitrogens with zero attached hydrogens (tertiary/aromatic N) is 2. The van der Waals surface area contributed by atoms with E-state index in [0.29, 0.717) is 5.02 Å². The summed E-state index contributed by atoms with van der Waals surface area (Å²) in [6.07, 6.45) is -0.835. The monoisotopic (exact) mass is 400 g/mol. The molecule has 2 aliphatic heterocycles. The molecule has 146 valence electrons. The first-order valence-corrected chi connectivity index (χ1v) is 9.52. The highest BCUT2D eigenvalue weighted by atomic mass is 35.5. The Bertz CT molecular complexity index is 898. The Balaban J connectivity index is 1.78. The molecule has 0 N–H and O–H groups in total. The van der Waals surface area contributed by atoms with Crippen LogP contribution >= 0.6 is 11.6 Å². The summed E-state index contributed by atoms with van der Waals surface area (Å²) in [5.74, 6) is -0.392. The lowest BCUT2D eigenvalue weighted by Gasteiger charge is -2.29. The number of hydrogen-bond donors (Lipinski definition) is 0. The van der Waals surface area contributed by atoms with Gasteiger partial charge in [0.15, 0.2) is 6.10 Å². The first-order valence-electron chi connectivity index (χ1n) is 9.15. The first-order chi connectivity index (χ1) is 13.4. The summed E-state index contributed by atoms with van der Waals surface area (Å²) >= 11 is 6.01. The van der Waals surface area contributed by atoms with Crippen LogP contribution in [0.3, 0.4) is 0 Å². The van der Waals surface area contributed by atoms with Crippen molar-refractivity contribution >= 4 is 29.1 Å². The third-order valence-electron chi connectivity index (χ3n) is 5.20. The number of likely N-dealkylation sites (tertiary alicyclic amines) is 1. The standard InChI is InChI=1S/C21H21ClN2O4/c1-12(2)23-20(25)17-18(13-4-10-16(27-3)11-5-13)24(28-19(17)21(23)26)15-8-6-14(22)7-9-15/h4-12,17-19H,1-3H3/t17-,18-,19-/m1/s1.